The highest BCUT2D eigenvalue weighted by atomic mass is 19.1. The van der Waals surface area contributed by atoms with E-state index in [4.69, 9.17) is 0 Å². The maximum Gasteiger partial charge on any atom is 0.141 e. The van der Waals surface area contributed by atoms with Crippen LogP contribution in [0.5, 0.6) is 5.75 Å². The Morgan fingerprint density at radius 1 is 1.04 bits per heavy atom. The number of pyridine rings is 1. The predicted molar refractivity (Wildman–Crippen MR) is 107 cm³/mol. The summed E-state index contributed by atoms with van der Waals surface area (Å²) in [6.45, 7) is 2.68. The number of hydrogen-bond acceptors (Lipinski definition) is 3. The molecule has 1 aliphatic heterocycles. The molecule has 1 aliphatic rings. The third kappa shape index (κ3) is 4.23. The second kappa shape index (κ2) is 7.72. The van der Waals surface area contributed by atoms with Crippen molar-refractivity contribution >= 4 is 17.0 Å². The van der Waals surface area contributed by atoms with E-state index in [1.165, 1.54) is 17.7 Å². The van der Waals surface area contributed by atoms with Crippen molar-refractivity contribution < 1.29 is 9.50 Å². The number of aromatic hydroxyl groups is 1. The summed E-state index contributed by atoms with van der Waals surface area (Å²) < 4.78 is 13.0. The molecule has 0 saturated carbocycles. The second-order valence-electron chi connectivity index (χ2n) is 6.81. The van der Waals surface area contributed by atoms with Crippen LogP contribution in [-0.4, -0.2) is 28.1 Å². The molecule has 0 fully saturated rings. The highest BCUT2D eigenvalue weighted by molar-refractivity contribution is 5.85. The Morgan fingerprint density at radius 3 is 2.67 bits per heavy atom. The van der Waals surface area contributed by atoms with E-state index in [0.29, 0.717) is 5.52 Å². The number of para-hydroxylation sites is 1. The van der Waals surface area contributed by atoms with E-state index in [1.54, 1.807) is 6.07 Å². The van der Waals surface area contributed by atoms with Gasteiger partial charge in [-0.25, -0.2) is 9.37 Å². The molecule has 0 aliphatic carbocycles. The van der Waals surface area contributed by atoms with Crippen LogP contribution in [0.15, 0.2) is 72.3 Å². The van der Waals surface area contributed by atoms with Gasteiger partial charge in [-0.3, -0.25) is 4.90 Å². The number of allylic oxidation sites excluding steroid dienone is 1. The van der Waals surface area contributed by atoms with Crippen LogP contribution < -0.4 is 0 Å². The van der Waals surface area contributed by atoms with Crippen LogP contribution >= 0.6 is 0 Å². The number of fused-ring (bicyclic) bond motifs is 1. The molecule has 0 bridgehead atoms. The number of phenols is 1. The maximum absolute atomic E-state index is 13.0. The summed E-state index contributed by atoms with van der Waals surface area (Å²) in [5.74, 6) is 0.0106. The molecule has 0 unspecified atom stereocenters. The van der Waals surface area contributed by atoms with E-state index in [-0.39, 0.29) is 11.6 Å². The zero-order valence-corrected chi connectivity index (χ0v) is 15.0. The van der Waals surface area contributed by atoms with Gasteiger partial charge < -0.3 is 5.11 Å². The van der Waals surface area contributed by atoms with Crippen LogP contribution in [0.2, 0.25) is 0 Å². The lowest BCUT2D eigenvalue weighted by atomic mass is 10.1. The fraction of sp³-hybridized carbons (Fsp3) is 0.174. The molecule has 1 N–H and O–H groups in total. The summed E-state index contributed by atoms with van der Waals surface area (Å²) in [7, 11) is 0. The molecule has 0 atom stereocenters. The molecule has 27 heavy (non-hydrogen) atoms. The Morgan fingerprint density at radius 2 is 1.89 bits per heavy atom. The van der Waals surface area contributed by atoms with Gasteiger partial charge in [0.1, 0.15) is 17.1 Å². The third-order valence-electron chi connectivity index (χ3n) is 4.84. The van der Waals surface area contributed by atoms with Gasteiger partial charge in [-0.05, 0) is 47.9 Å². The number of benzene rings is 2. The largest absolute Gasteiger partial charge is 0.506 e. The Hall–Kier alpha value is -2.98. The fourth-order valence-corrected chi connectivity index (χ4v) is 3.30. The van der Waals surface area contributed by atoms with Crippen molar-refractivity contribution in [3.8, 4) is 5.75 Å². The van der Waals surface area contributed by atoms with Gasteiger partial charge in [0.25, 0.3) is 0 Å². The quantitative estimate of drug-likeness (QED) is 0.717. The van der Waals surface area contributed by atoms with Crippen LogP contribution in [0.1, 0.15) is 17.7 Å². The normalized spacial score (nSPS) is 15.4. The van der Waals surface area contributed by atoms with Crippen molar-refractivity contribution in [3.63, 3.8) is 0 Å². The summed E-state index contributed by atoms with van der Waals surface area (Å²) in [6.07, 6.45) is 7.29. The summed E-state index contributed by atoms with van der Waals surface area (Å²) in [4.78, 5) is 6.88. The molecule has 0 saturated heterocycles. The van der Waals surface area contributed by atoms with Gasteiger partial charge in [0.15, 0.2) is 0 Å². The van der Waals surface area contributed by atoms with E-state index >= 15 is 0 Å². The summed E-state index contributed by atoms with van der Waals surface area (Å²) in [6, 6.07) is 16.1. The van der Waals surface area contributed by atoms with Gasteiger partial charge >= 0.3 is 0 Å². The zero-order valence-electron chi connectivity index (χ0n) is 15.0. The summed E-state index contributed by atoms with van der Waals surface area (Å²) in [5.41, 5.74) is 3.87. The van der Waals surface area contributed by atoms with Crippen molar-refractivity contribution in [2.75, 3.05) is 13.1 Å². The van der Waals surface area contributed by atoms with Gasteiger partial charge in [-0.1, -0.05) is 42.5 Å². The molecule has 0 amide bonds. The van der Waals surface area contributed by atoms with Gasteiger partial charge in [0.2, 0.25) is 0 Å². The third-order valence-corrected chi connectivity index (χ3v) is 4.84. The van der Waals surface area contributed by atoms with E-state index in [2.05, 4.69) is 22.0 Å². The first kappa shape index (κ1) is 17.4. The number of hydrogen-bond donors (Lipinski definition) is 1. The average Bonchev–Trinajstić information content (AvgIpc) is 2.70. The molecule has 4 heteroatoms. The van der Waals surface area contributed by atoms with Crippen molar-refractivity contribution in [1.29, 1.82) is 0 Å². The van der Waals surface area contributed by atoms with E-state index in [9.17, 15) is 9.50 Å². The molecule has 0 radical (unpaired) electrons. The van der Waals surface area contributed by atoms with Crippen LogP contribution in [0.4, 0.5) is 4.39 Å². The molecule has 136 valence electrons. The minimum atomic E-state index is -0.194. The summed E-state index contributed by atoms with van der Waals surface area (Å²) >= 11 is 0. The summed E-state index contributed by atoms with van der Waals surface area (Å²) in [5, 5.41) is 10.9. The molecule has 4 rings (SSSR count). The fourth-order valence-electron chi connectivity index (χ4n) is 3.30. The van der Waals surface area contributed by atoms with Crippen LogP contribution in [0.25, 0.3) is 17.0 Å². The van der Waals surface area contributed by atoms with Crippen molar-refractivity contribution in [2.45, 2.75) is 13.0 Å². The molecule has 3 aromatic rings. The zero-order chi connectivity index (χ0) is 18.6. The van der Waals surface area contributed by atoms with E-state index in [1.807, 2.05) is 42.5 Å². The number of halogens is 1. The molecule has 1 aromatic heterocycles. The Balaban J connectivity index is 1.41. The molecule has 2 heterocycles. The van der Waals surface area contributed by atoms with Crippen molar-refractivity contribution in [3.05, 3.63) is 89.4 Å². The monoisotopic (exact) mass is 360 g/mol. The SMILES string of the molecule is Oc1cccc2ccc(/C=C/C3=CCN(Cc4ccc(F)cc4)CC3)nc12. The first-order valence-corrected chi connectivity index (χ1v) is 9.10. The minimum Gasteiger partial charge on any atom is -0.506 e. The minimum absolute atomic E-state index is 0.194. The standard InChI is InChI=1S/C23H21FN2O/c24-20-8-4-18(5-9-20)16-26-14-12-17(13-15-26)6-10-21-11-7-19-2-1-3-22(27)23(19)25-21/h1-12,27H,13-16H2/b10-6+. The number of aromatic nitrogens is 1. The number of nitrogens with zero attached hydrogens (tertiary/aromatic N) is 2. The highest BCUT2D eigenvalue weighted by Gasteiger charge is 2.11. The molecular formula is C23H21FN2O. The maximum atomic E-state index is 13.0. The Kier molecular flexibility index (Phi) is 4.99. The molecule has 2 aromatic carbocycles. The predicted octanol–water partition coefficient (Wildman–Crippen LogP) is 4.93. The number of phenolic OH excluding ortho intramolecular Hbond substituents is 1. The number of rotatable bonds is 4. The lowest BCUT2D eigenvalue weighted by Gasteiger charge is -2.25. The van der Waals surface area contributed by atoms with E-state index in [0.717, 1.165) is 42.7 Å². The second-order valence-corrected chi connectivity index (χ2v) is 6.81. The van der Waals surface area contributed by atoms with Gasteiger partial charge in [-0.15, -0.1) is 0 Å². The van der Waals surface area contributed by atoms with Crippen LogP contribution in [-0.2, 0) is 6.54 Å². The van der Waals surface area contributed by atoms with Crippen molar-refractivity contribution in [2.24, 2.45) is 0 Å². The van der Waals surface area contributed by atoms with Crippen LogP contribution in [0, 0.1) is 5.82 Å². The van der Waals surface area contributed by atoms with Gasteiger partial charge in [-0.2, -0.15) is 0 Å². The first-order valence-electron chi connectivity index (χ1n) is 9.10. The highest BCUT2D eigenvalue weighted by Crippen LogP contribution is 2.23. The Bertz CT molecular complexity index is 1010. The Labute approximate surface area is 158 Å². The lowest BCUT2D eigenvalue weighted by molar-refractivity contribution is 0.287. The smallest absolute Gasteiger partial charge is 0.141 e. The van der Waals surface area contributed by atoms with E-state index < -0.39 is 0 Å². The van der Waals surface area contributed by atoms with Crippen molar-refractivity contribution in [1.82, 2.24) is 9.88 Å². The topological polar surface area (TPSA) is 36.4 Å². The van der Waals surface area contributed by atoms with Crippen LogP contribution in [0.3, 0.4) is 0 Å². The molecule has 0 spiro atoms. The van der Waals surface area contributed by atoms with Gasteiger partial charge in [0, 0.05) is 25.0 Å². The first-order chi connectivity index (χ1) is 13.2. The average molecular weight is 360 g/mol. The molecular weight excluding hydrogens is 339 g/mol. The molecule has 3 nitrogen and oxygen atoms in total. The lowest BCUT2D eigenvalue weighted by Crippen LogP contribution is -2.28. The van der Waals surface area contributed by atoms with Gasteiger partial charge in [0.05, 0.1) is 5.69 Å².